The zero-order valence-electron chi connectivity index (χ0n) is 8.84. The van der Waals surface area contributed by atoms with Gasteiger partial charge in [-0.2, -0.15) is 0 Å². The highest BCUT2D eigenvalue weighted by Gasteiger charge is 2.28. The second kappa shape index (κ2) is 7.47. The van der Waals surface area contributed by atoms with Crippen LogP contribution in [0.3, 0.4) is 0 Å². The molecule has 0 saturated carbocycles. The van der Waals surface area contributed by atoms with Crippen molar-refractivity contribution in [1.29, 1.82) is 0 Å². The summed E-state index contributed by atoms with van der Waals surface area (Å²) in [5, 5.41) is 0. The number of ether oxygens (including phenoxy) is 1. The van der Waals surface area contributed by atoms with Crippen LogP contribution < -0.4 is 10.9 Å². The predicted octanol–water partition coefficient (Wildman–Crippen LogP) is -0.657. The fraction of sp³-hybridized carbons (Fsp3) is 0.625. The molecule has 0 spiro atoms. The Morgan fingerprint density at radius 2 is 1.82 bits per heavy atom. The number of hydrogen-bond donors (Lipinski definition) is 2. The molecule has 0 aliphatic rings. The molecule has 0 saturated heterocycles. The molecule has 2 amide bonds. The third-order valence-electron chi connectivity index (χ3n) is 1.48. The highest BCUT2D eigenvalue weighted by atomic mass is 19.2. The van der Waals surface area contributed by atoms with Gasteiger partial charge in [0.1, 0.15) is 6.67 Å². The largest absolute Gasteiger partial charge is 0.459 e. The lowest BCUT2D eigenvalue weighted by atomic mass is 10.2. The maximum Gasteiger partial charge on any atom is 0.398 e. The molecule has 0 aliphatic carbocycles. The van der Waals surface area contributed by atoms with Gasteiger partial charge in [0.15, 0.2) is 6.17 Å². The number of alkyl halides is 3. The van der Waals surface area contributed by atoms with Crippen LogP contribution in [-0.2, 0) is 19.1 Å². The number of hydrazine groups is 1. The Hall–Kier alpha value is -1.80. The third-order valence-corrected chi connectivity index (χ3v) is 1.48. The summed E-state index contributed by atoms with van der Waals surface area (Å²) in [4.78, 5) is 32.3. The van der Waals surface area contributed by atoms with Crippen LogP contribution in [0.25, 0.3) is 0 Å². The van der Waals surface area contributed by atoms with Crippen LogP contribution >= 0.6 is 0 Å². The highest BCUT2D eigenvalue weighted by molar-refractivity contribution is 6.32. The summed E-state index contributed by atoms with van der Waals surface area (Å²) < 4.78 is 41.0. The lowest BCUT2D eigenvalue weighted by Gasteiger charge is -2.11. The van der Waals surface area contributed by atoms with E-state index in [1.807, 2.05) is 0 Å². The Kier molecular flexibility index (Phi) is 6.68. The van der Waals surface area contributed by atoms with Crippen LogP contribution in [0.5, 0.6) is 0 Å². The number of carbonyl (C=O) groups is 3. The normalized spacial score (nSPS) is 13.4. The molecule has 98 valence electrons. The van der Waals surface area contributed by atoms with Crippen LogP contribution in [0.1, 0.15) is 6.92 Å². The van der Waals surface area contributed by atoms with E-state index in [1.165, 1.54) is 17.8 Å². The molecule has 0 aromatic carbocycles. The predicted molar refractivity (Wildman–Crippen MR) is 48.7 cm³/mol. The quantitative estimate of drug-likeness (QED) is 0.397. The Morgan fingerprint density at radius 3 is 2.29 bits per heavy atom. The standard InChI is InChI=1S/C8H11F3N2O4/c1-2-17-8(16)7(15)13-12-6(14)5(11)4(10)3-9/h4-5H,2-3H2,1H3,(H,12,14)(H,13,15). The van der Waals surface area contributed by atoms with Gasteiger partial charge in [-0.1, -0.05) is 0 Å². The van der Waals surface area contributed by atoms with Crippen molar-refractivity contribution in [3.63, 3.8) is 0 Å². The molecule has 6 nitrogen and oxygen atoms in total. The molecule has 0 bridgehead atoms. The van der Waals surface area contributed by atoms with Gasteiger partial charge < -0.3 is 4.74 Å². The van der Waals surface area contributed by atoms with Crippen molar-refractivity contribution in [3.05, 3.63) is 0 Å². The molecule has 17 heavy (non-hydrogen) atoms. The van der Waals surface area contributed by atoms with Crippen molar-refractivity contribution in [2.75, 3.05) is 13.3 Å². The Morgan fingerprint density at radius 1 is 1.24 bits per heavy atom. The number of rotatable bonds is 4. The number of carbonyl (C=O) groups excluding carboxylic acids is 3. The summed E-state index contributed by atoms with van der Waals surface area (Å²) in [6.45, 7) is -0.308. The maximum atomic E-state index is 12.7. The van der Waals surface area contributed by atoms with Gasteiger partial charge in [0.2, 0.25) is 6.17 Å². The van der Waals surface area contributed by atoms with Crippen LogP contribution in [0.15, 0.2) is 0 Å². The molecule has 2 atom stereocenters. The summed E-state index contributed by atoms with van der Waals surface area (Å²) in [7, 11) is 0. The maximum absolute atomic E-state index is 12.7. The first-order valence-electron chi connectivity index (χ1n) is 4.55. The monoisotopic (exact) mass is 256 g/mol. The zero-order chi connectivity index (χ0) is 13.4. The third kappa shape index (κ3) is 5.18. The van der Waals surface area contributed by atoms with E-state index in [9.17, 15) is 27.6 Å². The van der Waals surface area contributed by atoms with E-state index in [0.717, 1.165) is 0 Å². The lowest BCUT2D eigenvalue weighted by Crippen LogP contribution is -2.50. The van der Waals surface area contributed by atoms with Crippen LogP contribution in [0.2, 0.25) is 0 Å². The van der Waals surface area contributed by atoms with Gasteiger partial charge in [0, 0.05) is 0 Å². The fourth-order valence-electron chi connectivity index (χ4n) is 0.677. The van der Waals surface area contributed by atoms with E-state index in [1.54, 1.807) is 0 Å². The minimum absolute atomic E-state index is 0.0691. The van der Waals surface area contributed by atoms with Gasteiger partial charge in [-0.15, -0.1) is 0 Å². The van der Waals surface area contributed by atoms with E-state index in [4.69, 9.17) is 0 Å². The molecule has 0 rings (SSSR count). The average Bonchev–Trinajstić information content (AvgIpc) is 2.33. The average molecular weight is 256 g/mol. The minimum atomic E-state index is -2.78. The van der Waals surface area contributed by atoms with Gasteiger partial charge in [0.25, 0.3) is 5.91 Å². The molecule has 0 aromatic rings. The number of hydrogen-bond acceptors (Lipinski definition) is 4. The molecule has 0 radical (unpaired) electrons. The summed E-state index contributed by atoms with van der Waals surface area (Å²) in [6.07, 6.45) is -5.41. The van der Waals surface area contributed by atoms with E-state index in [-0.39, 0.29) is 6.61 Å². The first-order chi connectivity index (χ1) is 7.93. The van der Waals surface area contributed by atoms with E-state index in [0.29, 0.717) is 0 Å². The van der Waals surface area contributed by atoms with Crippen molar-refractivity contribution in [2.45, 2.75) is 19.3 Å². The second-order valence-corrected chi connectivity index (χ2v) is 2.74. The Bertz CT molecular complexity index is 300. The number of nitrogens with one attached hydrogen (secondary N) is 2. The van der Waals surface area contributed by atoms with Crippen molar-refractivity contribution >= 4 is 17.8 Å². The summed E-state index contributed by atoms with van der Waals surface area (Å²) in [5.41, 5.74) is 2.90. The molecule has 2 unspecified atom stereocenters. The van der Waals surface area contributed by atoms with E-state index in [2.05, 4.69) is 4.74 Å². The Balaban J connectivity index is 4.07. The first-order valence-corrected chi connectivity index (χ1v) is 4.55. The number of amides is 2. The molecule has 9 heteroatoms. The first kappa shape index (κ1) is 15.2. The number of halogens is 3. The molecule has 0 aromatic heterocycles. The second-order valence-electron chi connectivity index (χ2n) is 2.74. The lowest BCUT2D eigenvalue weighted by molar-refractivity contribution is -0.155. The van der Waals surface area contributed by atoms with Crippen LogP contribution in [0.4, 0.5) is 13.2 Å². The summed E-state index contributed by atoms with van der Waals surface area (Å²) in [5.74, 6) is -4.26. The summed E-state index contributed by atoms with van der Waals surface area (Å²) in [6, 6.07) is 0. The van der Waals surface area contributed by atoms with Crippen molar-refractivity contribution < 1.29 is 32.3 Å². The number of esters is 1. The van der Waals surface area contributed by atoms with Gasteiger partial charge in [-0.25, -0.2) is 18.0 Å². The molecular weight excluding hydrogens is 245 g/mol. The highest BCUT2D eigenvalue weighted by Crippen LogP contribution is 2.04. The van der Waals surface area contributed by atoms with Crippen molar-refractivity contribution in [1.82, 2.24) is 10.9 Å². The topological polar surface area (TPSA) is 84.5 Å². The van der Waals surface area contributed by atoms with Gasteiger partial charge in [0.05, 0.1) is 6.61 Å². The van der Waals surface area contributed by atoms with Crippen molar-refractivity contribution in [3.8, 4) is 0 Å². The molecule has 0 aliphatic heterocycles. The molecule has 2 N–H and O–H groups in total. The van der Waals surface area contributed by atoms with Crippen LogP contribution in [0, 0.1) is 0 Å². The molecular formula is C8H11F3N2O4. The Labute approximate surface area is 94.5 Å². The van der Waals surface area contributed by atoms with Gasteiger partial charge in [-0.05, 0) is 6.92 Å². The van der Waals surface area contributed by atoms with Gasteiger partial charge in [-0.3, -0.25) is 20.4 Å². The van der Waals surface area contributed by atoms with E-state index < -0.39 is 36.8 Å². The van der Waals surface area contributed by atoms with Crippen LogP contribution in [-0.4, -0.2) is 43.4 Å². The zero-order valence-corrected chi connectivity index (χ0v) is 8.84. The SMILES string of the molecule is CCOC(=O)C(=O)NNC(=O)C(F)C(F)CF. The molecule has 0 fully saturated rings. The smallest absolute Gasteiger partial charge is 0.398 e. The fourth-order valence-corrected chi connectivity index (χ4v) is 0.677. The molecule has 0 heterocycles. The van der Waals surface area contributed by atoms with Gasteiger partial charge >= 0.3 is 11.9 Å². The van der Waals surface area contributed by atoms with Crippen molar-refractivity contribution in [2.24, 2.45) is 0 Å². The van der Waals surface area contributed by atoms with E-state index >= 15 is 0 Å². The summed E-state index contributed by atoms with van der Waals surface area (Å²) >= 11 is 0. The minimum Gasteiger partial charge on any atom is -0.459 e.